The predicted octanol–water partition coefficient (Wildman–Crippen LogP) is 1.67. The second-order valence-corrected chi connectivity index (χ2v) is 6.83. The van der Waals surface area contributed by atoms with E-state index < -0.39 is 0 Å². The number of aryl methyl sites for hydroxylation is 4. The Morgan fingerprint density at radius 2 is 2.04 bits per heavy atom. The minimum Gasteiger partial charge on any atom is -0.346 e. The van der Waals surface area contributed by atoms with Crippen molar-refractivity contribution in [3.63, 3.8) is 0 Å². The zero-order valence-electron chi connectivity index (χ0n) is 15.7. The molecule has 1 saturated heterocycles. The van der Waals surface area contributed by atoms with Crippen molar-refractivity contribution in [2.75, 3.05) is 26.2 Å². The molecule has 2 aromatic heterocycles. The highest BCUT2D eigenvalue weighted by atomic mass is 16.2. The molecule has 7 nitrogen and oxygen atoms in total. The fraction of sp³-hybridized carbons (Fsp3) is 0.611. The van der Waals surface area contributed by atoms with Crippen molar-refractivity contribution < 1.29 is 4.79 Å². The highest BCUT2D eigenvalue weighted by Crippen LogP contribution is 2.14. The third kappa shape index (κ3) is 3.92. The van der Waals surface area contributed by atoms with Crippen LogP contribution < -0.4 is 0 Å². The van der Waals surface area contributed by atoms with Crippen molar-refractivity contribution in [2.24, 2.45) is 7.05 Å². The number of nitrogens with one attached hydrogen (secondary N) is 1. The molecule has 0 unspecified atom stereocenters. The quantitative estimate of drug-likeness (QED) is 0.916. The molecule has 3 heterocycles. The fourth-order valence-electron chi connectivity index (χ4n) is 3.41. The van der Waals surface area contributed by atoms with Crippen molar-refractivity contribution in [3.05, 3.63) is 34.7 Å². The molecule has 3 rings (SSSR count). The summed E-state index contributed by atoms with van der Waals surface area (Å²) in [6.07, 6.45) is 3.72. The van der Waals surface area contributed by atoms with E-state index in [0.717, 1.165) is 68.5 Å². The largest absolute Gasteiger partial charge is 0.346 e. The van der Waals surface area contributed by atoms with Crippen molar-refractivity contribution >= 4 is 5.91 Å². The Bertz CT molecular complexity index is 747. The van der Waals surface area contributed by atoms with Gasteiger partial charge in [0.15, 0.2) is 0 Å². The molecule has 1 amide bonds. The van der Waals surface area contributed by atoms with Crippen molar-refractivity contribution in [2.45, 2.75) is 40.2 Å². The van der Waals surface area contributed by atoms with Crippen LogP contribution in [0.15, 0.2) is 6.20 Å². The van der Waals surface area contributed by atoms with Gasteiger partial charge in [-0.25, -0.2) is 4.98 Å². The predicted molar refractivity (Wildman–Crippen MR) is 96.4 cm³/mol. The van der Waals surface area contributed by atoms with Gasteiger partial charge in [-0.15, -0.1) is 0 Å². The second-order valence-electron chi connectivity index (χ2n) is 6.83. The van der Waals surface area contributed by atoms with Crippen molar-refractivity contribution in [1.29, 1.82) is 0 Å². The number of aromatic amines is 1. The molecular weight excluding hydrogens is 316 g/mol. The van der Waals surface area contributed by atoms with E-state index >= 15 is 0 Å². The number of imidazole rings is 1. The van der Waals surface area contributed by atoms with E-state index in [4.69, 9.17) is 0 Å². The van der Waals surface area contributed by atoms with E-state index in [1.165, 1.54) is 0 Å². The van der Waals surface area contributed by atoms with Gasteiger partial charge in [0.1, 0.15) is 5.82 Å². The summed E-state index contributed by atoms with van der Waals surface area (Å²) >= 11 is 0. The molecule has 0 atom stereocenters. The van der Waals surface area contributed by atoms with Gasteiger partial charge >= 0.3 is 0 Å². The lowest BCUT2D eigenvalue weighted by molar-refractivity contribution is 0.0760. The Morgan fingerprint density at radius 3 is 2.68 bits per heavy atom. The second kappa shape index (κ2) is 7.39. The Labute approximate surface area is 149 Å². The molecule has 1 N–H and O–H groups in total. The number of H-pyrrole nitrogens is 1. The molecular formula is C18H28N6O. The fourth-order valence-corrected chi connectivity index (χ4v) is 3.41. The molecule has 25 heavy (non-hydrogen) atoms. The summed E-state index contributed by atoms with van der Waals surface area (Å²) in [6.45, 7) is 10.3. The lowest BCUT2D eigenvalue weighted by atomic mass is 10.2. The smallest absolute Gasteiger partial charge is 0.257 e. The Balaban J connectivity index is 1.63. The topological polar surface area (TPSA) is 70.1 Å². The van der Waals surface area contributed by atoms with Crippen LogP contribution >= 0.6 is 0 Å². The van der Waals surface area contributed by atoms with E-state index in [-0.39, 0.29) is 5.91 Å². The van der Waals surface area contributed by atoms with Gasteiger partial charge in [0.2, 0.25) is 0 Å². The zero-order valence-corrected chi connectivity index (χ0v) is 15.7. The highest BCUT2D eigenvalue weighted by molar-refractivity contribution is 5.95. The summed E-state index contributed by atoms with van der Waals surface area (Å²) in [5.74, 6) is 1.14. The van der Waals surface area contributed by atoms with Gasteiger partial charge in [0.05, 0.1) is 17.0 Å². The van der Waals surface area contributed by atoms with E-state index in [9.17, 15) is 4.79 Å². The number of hydrogen-bond donors (Lipinski definition) is 1. The van der Waals surface area contributed by atoms with Gasteiger partial charge in [0, 0.05) is 58.1 Å². The average molecular weight is 344 g/mol. The lowest BCUT2D eigenvalue weighted by Gasteiger charge is -2.21. The number of nitrogens with zero attached hydrogens (tertiary/aromatic N) is 5. The molecule has 1 aliphatic heterocycles. The number of carbonyl (C=O) groups is 1. The summed E-state index contributed by atoms with van der Waals surface area (Å²) in [5.41, 5.74) is 3.79. The first kappa shape index (κ1) is 17.7. The van der Waals surface area contributed by atoms with E-state index in [1.807, 2.05) is 25.1 Å². The third-order valence-corrected chi connectivity index (χ3v) is 4.86. The first-order valence-corrected chi connectivity index (χ1v) is 9.04. The molecule has 0 aromatic carbocycles. The van der Waals surface area contributed by atoms with Crippen LogP contribution in [0, 0.1) is 13.8 Å². The molecule has 0 bridgehead atoms. The summed E-state index contributed by atoms with van der Waals surface area (Å²) in [5, 5.41) is 4.29. The Kier molecular flexibility index (Phi) is 5.22. The van der Waals surface area contributed by atoms with Gasteiger partial charge in [-0.3, -0.25) is 14.4 Å². The monoisotopic (exact) mass is 344 g/mol. The molecule has 2 aromatic rings. The Hall–Kier alpha value is -2.15. The van der Waals surface area contributed by atoms with Crippen LogP contribution in [0.25, 0.3) is 0 Å². The molecule has 0 spiro atoms. The van der Waals surface area contributed by atoms with E-state index in [0.29, 0.717) is 5.56 Å². The standard InChI is InChI=1S/C18H28N6O/c1-5-17-19-14(3)16(20-17)12-23-7-6-8-24(10-9-23)18(25)15-11-22(4)21-13(15)2/h11H,5-10,12H2,1-4H3,(H,19,20). The van der Waals surface area contributed by atoms with Crippen molar-refractivity contribution in [3.8, 4) is 0 Å². The maximum absolute atomic E-state index is 12.8. The molecule has 1 aliphatic rings. The molecule has 136 valence electrons. The average Bonchev–Trinajstić information content (AvgIpc) is 3.00. The molecule has 7 heteroatoms. The van der Waals surface area contributed by atoms with Gasteiger partial charge in [-0.1, -0.05) is 6.92 Å². The van der Waals surface area contributed by atoms with Crippen LogP contribution in [0.2, 0.25) is 0 Å². The maximum atomic E-state index is 12.8. The van der Waals surface area contributed by atoms with Gasteiger partial charge in [-0.05, 0) is 20.3 Å². The number of aromatic nitrogens is 4. The number of amides is 1. The van der Waals surface area contributed by atoms with Crippen LogP contribution in [0.4, 0.5) is 0 Å². The Morgan fingerprint density at radius 1 is 1.24 bits per heavy atom. The SMILES string of the molecule is CCc1nc(CN2CCCN(C(=O)c3cn(C)nc3C)CC2)c(C)[nH]1. The maximum Gasteiger partial charge on any atom is 0.257 e. The van der Waals surface area contributed by atoms with Crippen LogP contribution in [-0.4, -0.2) is 61.6 Å². The summed E-state index contributed by atoms with van der Waals surface area (Å²) < 4.78 is 1.71. The van der Waals surface area contributed by atoms with Gasteiger partial charge in [-0.2, -0.15) is 5.10 Å². The summed E-state index contributed by atoms with van der Waals surface area (Å²) in [4.78, 5) is 25.2. The van der Waals surface area contributed by atoms with Crippen LogP contribution in [0.1, 0.15) is 46.6 Å². The normalized spacial score (nSPS) is 16.2. The van der Waals surface area contributed by atoms with E-state index in [1.54, 1.807) is 4.68 Å². The van der Waals surface area contributed by atoms with E-state index in [2.05, 4.69) is 33.8 Å². The minimum atomic E-state index is 0.0941. The number of hydrogen-bond acceptors (Lipinski definition) is 4. The third-order valence-electron chi connectivity index (χ3n) is 4.86. The van der Waals surface area contributed by atoms with Crippen LogP contribution in [-0.2, 0) is 20.0 Å². The lowest BCUT2D eigenvalue weighted by Crippen LogP contribution is -2.35. The summed E-state index contributed by atoms with van der Waals surface area (Å²) in [7, 11) is 1.85. The molecule has 0 aliphatic carbocycles. The molecule has 1 fully saturated rings. The zero-order chi connectivity index (χ0) is 18.0. The first-order chi connectivity index (χ1) is 12.0. The van der Waals surface area contributed by atoms with Gasteiger partial charge in [0.25, 0.3) is 5.91 Å². The van der Waals surface area contributed by atoms with Crippen molar-refractivity contribution in [1.82, 2.24) is 29.5 Å². The number of carbonyl (C=O) groups excluding carboxylic acids is 1. The van der Waals surface area contributed by atoms with Crippen LogP contribution in [0.3, 0.4) is 0 Å². The van der Waals surface area contributed by atoms with Crippen LogP contribution in [0.5, 0.6) is 0 Å². The molecule has 0 saturated carbocycles. The highest BCUT2D eigenvalue weighted by Gasteiger charge is 2.23. The molecule has 0 radical (unpaired) electrons. The number of rotatable bonds is 4. The summed E-state index contributed by atoms with van der Waals surface area (Å²) in [6, 6.07) is 0. The minimum absolute atomic E-state index is 0.0941. The first-order valence-electron chi connectivity index (χ1n) is 9.04. The van der Waals surface area contributed by atoms with Gasteiger partial charge < -0.3 is 9.88 Å².